The molecule has 3 N–H and O–H groups in total. The van der Waals surface area contributed by atoms with E-state index in [0.717, 1.165) is 6.07 Å². The lowest BCUT2D eigenvalue weighted by molar-refractivity contribution is 0.146. The molecule has 0 fully saturated rings. The average Bonchev–Trinajstić information content (AvgIpc) is 2.08. The molecule has 0 aliphatic rings. The summed E-state index contributed by atoms with van der Waals surface area (Å²) in [6.45, 7) is 0. The van der Waals surface area contributed by atoms with Crippen LogP contribution >= 0.6 is 0 Å². The molecule has 0 atom stereocenters. The van der Waals surface area contributed by atoms with Crippen LogP contribution in [0.25, 0.3) is 0 Å². The van der Waals surface area contributed by atoms with Crippen LogP contribution in [0.1, 0.15) is 12.1 Å². The minimum absolute atomic E-state index is 0.0425. The Bertz CT molecular complexity index is 362. The van der Waals surface area contributed by atoms with E-state index in [0.29, 0.717) is 0 Å². The number of halogens is 2. The number of aromatic nitrogens is 1. The van der Waals surface area contributed by atoms with Crippen molar-refractivity contribution < 1.29 is 13.5 Å². The molecule has 6 heteroatoms. The lowest BCUT2D eigenvalue weighted by atomic mass is 10.3. The zero-order chi connectivity index (χ0) is 10.0. The van der Waals surface area contributed by atoms with E-state index in [2.05, 4.69) is 4.74 Å². The van der Waals surface area contributed by atoms with Crippen LogP contribution in [-0.2, 0) is 0 Å². The first-order valence-electron chi connectivity index (χ1n) is 3.41. The van der Waals surface area contributed by atoms with Crippen LogP contribution in [0.3, 0.4) is 0 Å². The van der Waals surface area contributed by atoms with Gasteiger partial charge in [-0.1, -0.05) is 0 Å². The van der Waals surface area contributed by atoms with Gasteiger partial charge in [-0.25, -0.2) is 8.78 Å². The molecule has 0 aliphatic carbocycles. The number of nitrogen functional groups attached to an aromatic ring is 1. The van der Waals surface area contributed by atoms with Gasteiger partial charge in [0.2, 0.25) is 0 Å². The standard InChI is InChI=1S/C7H8F2N2O2/c1-13-3-2-4(12)11-6(5(3)10)7(8)9/h2,7H,10H2,1H3,(H,11,12). The highest BCUT2D eigenvalue weighted by atomic mass is 19.3. The molecule has 1 heterocycles. The second-order valence-electron chi connectivity index (χ2n) is 2.33. The van der Waals surface area contributed by atoms with Gasteiger partial charge in [-0.3, -0.25) is 4.79 Å². The Morgan fingerprint density at radius 2 is 2.23 bits per heavy atom. The fraction of sp³-hybridized carbons (Fsp3) is 0.286. The molecule has 1 aromatic rings. The maximum Gasteiger partial charge on any atom is 0.280 e. The van der Waals surface area contributed by atoms with Gasteiger partial charge in [0, 0.05) is 6.07 Å². The molecule has 0 radical (unpaired) electrons. The van der Waals surface area contributed by atoms with E-state index in [-0.39, 0.29) is 11.4 Å². The van der Waals surface area contributed by atoms with Crippen LogP contribution in [0.4, 0.5) is 14.5 Å². The van der Waals surface area contributed by atoms with Gasteiger partial charge in [0.05, 0.1) is 12.8 Å². The van der Waals surface area contributed by atoms with E-state index < -0.39 is 17.7 Å². The second-order valence-corrected chi connectivity index (χ2v) is 2.33. The van der Waals surface area contributed by atoms with Crippen molar-refractivity contribution in [3.8, 4) is 5.75 Å². The molecule has 0 amide bonds. The predicted octanol–water partition coefficient (Wildman–Crippen LogP) is 0.903. The number of ether oxygens (including phenoxy) is 1. The lowest BCUT2D eigenvalue weighted by Crippen LogP contribution is -2.12. The summed E-state index contributed by atoms with van der Waals surface area (Å²) >= 11 is 0. The van der Waals surface area contributed by atoms with Crippen LogP contribution in [0.15, 0.2) is 10.9 Å². The molecule has 0 bridgehead atoms. The van der Waals surface area contributed by atoms with E-state index in [9.17, 15) is 13.6 Å². The maximum atomic E-state index is 12.2. The number of nitrogens with two attached hydrogens (primary N) is 1. The lowest BCUT2D eigenvalue weighted by Gasteiger charge is -2.07. The van der Waals surface area contributed by atoms with Crippen LogP contribution in [-0.4, -0.2) is 12.1 Å². The number of rotatable bonds is 2. The smallest absolute Gasteiger partial charge is 0.280 e. The number of hydrogen-bond donors (Lipinski definition) is 2. The molecule has 0 spiro atoms. The minimum Gasteiger partial charge on any atom is -0.494 e. The molecule has 0 unspecified atom stereocenters. The molecule has 0 aliphatic heterocycles. The molecule has 0 aromatic carbocycles. The average molecular weight is 190 g/mol. The monoisotopic (exact) mass is 190 g/mol. The van der Waals surface area contributed by atoms with Crippen molar-refractivity contribution in [1.29, 1.82) is 0 Å². The van der Waals surface area contributed by atoms with E-state index in [1.807, 2.05) is 4.98 Å². The Labute approximate surface area is 72.3 Å². The van der Waals surface area contributed by atoms with Gasteiger partial charge in [0.1, 0.15) is 11.4 Å². The topological polar surface area (TPSA) is 68.1 Å². The highest BCUT2D eigenvalue weighted by molar-refractivity contribution is 5.55. The van der Waals surface area contributed by atoms with Gasteiger partial charge in [-0.15, -0.1) is 0 Å². The number of hydrogen-bond acceptors (Lipinski definition) is 3. The van der Waals surface area contributed by atoms with Crippen LogP contribution in [0.5, 0.6) is 5.75 Å². The van der Waals surface area contributed by atoms with Crippen molar-refractivity contribution >= 4 is 5.69 Å². The van der Waals surface area contributed by atoms with Gasteiger partial charge in [0.25, 0.3) is 12.0 Å². The summed E-state index contributed by atoms with van der Waals surface area (Å²) in [5, 5.41) is 0. The largest absolute Gasteiger partial charge is 0.494 e. The number of nitrogens with one attached hydrogen (secondary N) is 1. The summed E-state index contributed by atoms with van der Waals surface area (Å²) in [6, 6.07) is 1.02. The minimum atomic E-state index is -2.82. The summed E-state index contributed by atoms with van der Waals surface area (Å²) < 4.78 is 29.1. The molecule has 0 saturated carbocycles. The molecule has 72 valence electrons. The normalized spacial score (nSPS) is 10.5. The predicted molar refractivity (Wildman–Crippen MR) is 43.0 cm³/mol. The van der Waals surface area contributed by atoms with Gasteiger partial charge in [-0.05, 0) is 0 Å². The van der Waals surface area contributed by atoms with Crippen molar-refractivity contribution in [2.45, 2.75) is 6.43 Å². The SMILES string of the molecule is COc1cc(=O)[nH]c(C(F)F)c1N. The molecule has 13 heavy (non-hydrogen) atoms. The first-order chi connectivity index (χ1) is 6.06. The molecular formula is C7H8F2N2O2. The Morgan fingerprint density at radius 1 is 1.62 bits per heavy atom. The summed E-state index contributed by atoms with van der Waals surface area (Å²) in [7, 11) is 1.25. The zero-order valence-electron chi connectivity index (χ0n) is 6.80. The fourth-order valence-corrected chi connectivity index (χ4v) is 0.907. The fourth-order valence-electron chi connectivity index (χ4n) is 0.907. The number of aromatic amines is 1. The van der Waals surface area contributed by atoms with E-state index in [1.165, 1.54) is 7.11 Å². The zero-order valence-corrected chi connectivity index (χ0v) is 6.80. The van der Waals surface area contributed by atoms with Crippen molar-refractivity contribution in [3.05, 3.63) is 22.1 Å². The molecule has 0 saturated heterocycles. The Hall–Kier alpha value is -1.59. The van der Waals surface area contributed by atoms with Crippen LogP contribution < -0.4 is 16.0 Å². The third-order valence-electron chi connectivity index (χ3n) is 1.51. The summed E-state index contributed by atoms with van der Waals surface area (Å²) in [5.74, 6) is -0.0425. The highest BCUT2D eigenvalue weighted by Crippen LogP contribution is 2.28. The van der Waals surface area contributed by atoms with Crippen molar-refractivity contribution in [1.82, 2.24) is 4.98 Å². The number of pyridine rings is 1. The number of anilines is 1. The highest BCUT2D eigenvalue weighted by Gasteiger charge is 2.16. The molecule has 1 aromatic heterocycles. The quantitative estimate of drug-likeness (QED) is 0.728. The molecular weight excluding hydrogens is 182 g/mol. The number of alkyl halides is 2. The van der Waals surface area contributed by atoms with Gasteiger partial charge < -0.3 is 15.5 Å². The number of H-pyrrole nitrogens is 1. The third kappa shape index (κ3) is 1.77. The van der Waals surface area contributed by atoms with E-state index in [1.54, 1.807) is 0 Å². The summed E-state index contributed by atoms with van der Waals surface area (Å²) in [6.07, 6.45) is -2.82. The number of methoxy groups -OCH3 is 1. The van der Waals surface area contributed by atoms with Gasteiger partial charge in [-0.2, -0.15) is 0 Å². The first-order valence-corrected chi connectivity index (χ1v) is 3.41. The van der Waals surface area contributed by atoms with E-state index >= 15 is 0 Å². The summed E-state index contributed by atoms with van der Waals surface area (Å²) in [4.78, 5) is 12.7. The Morgan fingerprint density at radius 3 is 2.69 bits per heavy atom. The molecule has 1 rings (SSSR count). The molecule has 4 nitrogen and oxygen atoms in total. The maximum absolute atomic E-state index is 12.2. The first kappa shape index (κ1) is 9.50. The third-order valence-corrected chi connectivity index (χ3v) is 1.51. The van der Waals surface area contributed by atoms with Gasteiger partial charge >= 0.3 is 0 Å². The van der Waals surface area contributed by atoms with Crippen LogP contribution in [0, 0.1) is 0 Å². The van der Waals surface area contributed by atoms with E-state index in [4.69, 9.17) is 5.73 Å². The van der Waals surface area contributed by atoms with Crippen molar-refractivity contribution in [2.75, 3.05) is 12.8 Å². The van der Waals surface area contributed by atoms with Gasteiger partial charge in [0.15, 0.2) is 0 Å². The Kier molecular flexibility index (Phi) is 2.50. The van der Waals surface area contributed by atoms with Crippen molar-refractivity contribution in [2.24, 2.45) is 0 Å². The Balaban J connectivity index is 3.36. The second kappa shape index (κ2) is 3.42. The summed E-state index contributed by atoms with van der Waals surface area (Å²) in [5.41, 5.74) is 3.78. The van der Waals surface area contributed by atoms with Crippen LogP contribution in [0.2, 0.25) is 0 Å². The van der Waals surface area contributed by atoms with Crippen molar-refractivity contribution in [3.63, 3.8) is 0 Å².